The Kier molecular flexibility index (Phi) is 11.3. The SMILES string of the molecule is CC[C@@H](C(=O)NC1CCCCC1)N(Cc1ccc(OC)cc1)C(=O)CN(c1cc(C)ccc1OC)S(=O)(=O)c1ccccc1. The molecule has 0 aromatic heterocycles. The minimum Gasteiger partial charge on any atom is -0.497 e. The zero-order valence-electron chi connectivity index (χ0n) is 26.0. The number of methoxy groups -OCH3 is 2. The lowest BCUT2D eigenvalue weighted by Crippen LogP contribution is -2.54. The number of ether oxygens (including phenoxy) is 2. The molecule has 1 atom stereocenters. The van der Waals surface area contributed by atoms with E-state index in [4.69, 9.17) is 9.47 Å². The Morgan fingerprint density at radius 3 is 2.23 bits per heavy atom. The second-order valence-corrected chi connectivity index (χ2v) is 13.0. The number of nitrogens with zero attached hydrogens (tertiary/aromatic N) is 2. The maximum atomic E-state index is 14.4. The van der Waals surface area contributed by atoms with E-state index in [1.54, 1.807) is 49.6 Å². The van der Waals surface area contributed by atoms with E-state index in [0.29, 0.717) is 17.9 Å². The van der Waals surface area contributed by atoms with Gasteiger partial charge >= 0.3 is 0 Å². The Morgan fingerprint density at radius 1 is 0.932 bits per heavy atom. The van der Waals surface area contributed by atoms with Gasteiger partial charge in [-0.15, -0.1) is 0 Å². The predicted octanol–water partition coefficient (Wildman–Crippen LogP) is 5.46. The molecular weight excluding hydrogens is 578 g/mol. The Bertz CT molecular complexity index is 1510. The summed E-state index contributed by atoms with van der Waals surface area (Å²) in [7, 11) is -1.16. The number of nitrogens with one attached hydrogen (secondary N) is 1. The Labute approximate surface area is 261 Å². The highest BCUT2D eigenvalue weighted by atomic mass is 32.2. The average Bonchev–Trinajstić information content (AvgIpc) is 3.04. The fourth-order valence-electron chi connectivity index (χ4n) is 5.62. The van der Waals surface area contributed by atoms with Crippen LogP contribution in [0, 0.1) is 6.92 Å². The van der Waals surface area contributed by atoms with Crippen LogP contribution in [0.1, 0.15) is 56.6 Å². The summed E-state index contributed by atoms with van der Waals surface area (Å²) in [6.07, 6.45) is 5.44. The molecule has 10 heteroatoms. The highest BCUT2D eigenvalue weighted by molar-refractivity contribution is 7.92. The molecule has 0 unspecified atom stereocenters. The van der Waals surface area contributed by atoms with Crippen molar-refractivity contribution in [1.82, 2.24) is 10.2 Å². The molecule has 4 rings (SSSR count). The summed E-state index contributed by atoms with van der Waals surface area (Å²) in [5.74, 6) is 0.244. The summed E-state index contributed by atoms with van der Waals surface area (Å²) < 4.78 is 40.2. The van der Waals surface area contributed by atoms with Gasteiger partial charge in [-0.05, 0) is 73.7 Å². The number of anilines is 1. The minimum atomic E-state index is -4.20. The first-order valence-corrected chi connectivity index (χ1v) is 16.6. The van der Waals surface area contributed by atoms with Crippen LogP contribution >= 0.6 is 0 Å². The third-order valence-corrected chi connectivity index (χ3v) is 9.84. The van der Waals surface area contributed by atoms with Gasteiger partial charge in [-0.2, -0.15) is 0 Å². The van der Waals surface area contributed by atoms with Crippen LogP contribution in [0.4, 0.5) is 5.69 Å². The fraction of sp³-hybridized carbons (Fsp3) is 0.412. The second kappa shape index (κ2) is 15.1. The molecular formula is C34H43N3O6S. The van der Waals surface area contributed by atoms with Crippen molar-refractivity contribution in [2.45, 2.75) is 75.9 Å². The van der Waals surface area contributed by atoms with Gasteiger partial charge in [0.1, 0.15) is 24.1 Å². The first-order valence-electron chi connectivity index (χ1n) is 15.1. The van der Waals surface area contributed by atoms with Gasteiger partial charge in [0.05, 0.1) is 24.8 Å². The standard InChI is InChI=1S/C34H43N3O6S/c1-5-30(34(39)35-27-12-8-6-9-13-27)36(23-26-17-19-28(42-3)20-18-26)33(38)24-37(31-22-25(2)16-21-32(31)43-4)44(40,41)29-14-10-7-11-15-29/h7,10-11,14-22,27,30H,5-6,8-9,12-13,23-24H2,1-4H3,(H,35,39)/t30-/m0/s1. The second-order valence-electron chi connectivity index (χ2n) is 11.1. The first-order chi connectivity index (χ1) is 21.2. The molecule has 1 aliphatic carbocycles. The van der Waals surface area contributed by atoms with Crippen LogP contribution in [0.5, 0.6) is 11.5 Å². The largest absolute Gasteiger partial charge is 0.497 e. The van der Waals surface area contributed by atoms with Gasteiger partial charge in [-0.1, -0.05) is 62.6 Å². The zero-order valence-corrected chi connectivity index (χ0v) is 26.8. The van der Waals surface area contributed by atoms with Crippen LogP contribution in [0.2, 0.25) is 0 Å². The molecule has 1 N–H and O–H groups in total. The summed E-state index contributed by atoms with van der Waals surface area (Å²) in [6.45, 7) is 3.29. The summed E-state index contributed by atoms with van der Waals surface area (Å²) in [5.41, 5.74) is 1.83. The molecule has 0 bridgehead atoms. The van der Waals surface area contributed by atoms with Crippen LogP contribution in [0.25, 0.3) is 0 Å². The lowest BCUT2D eigenvalue weighted by molar-refractivity contribution is -0.140. The van der Waals surface area contributed by atoms with Crippen molar-refractivity contribution >= 4 is 27.5 Å². The van der Waals surface area contributed by atoms with E-state index in [-0.39, 0.29) is 29.1 Å². The minimum absolute atomic E-state index is 0.0418. The summed E-state index contributed by atoms with van der Waals surface area (Å²) in [6, 6.07) is 19.7. The van der Waals surface area contributed by atoms with Crippen molar-refractivity contribution < 1.29 is 27.5 Å². The number of rotatable bonds is 13. The third kappa shape index (κ3) is 7.91. The monoisotopic (exact) mass is 621 g/mol. The van der Waals surface area contributed by atoms with Crippen molar-refractivity contribution in [3.63, 3.8) is 0 Å². The molecule has 3 aromatic rings. The molecule has 2 amide bonds. The maximum absolute atomic E-state index is 14.4. The third-order valence-electron chi connectivity index (χ3n) is 8.06. The van der Waals surface area contributed by atoms with Crippen molar-refractivity contribution in [3.05, 3.63) is 83.9 Å². The summed E-state index contributed by atoms with van der Waals surface area (Å²) in [4.78, 5) is 29.6. The van der Waals surface area contributed by atoms with Crippen LogP contribution in [0.3, 0.4) is 0 Å². The maximum Gasteiger partial charge on any atom is 0.264 e. The number of sulfonamides is 1. The topological polar surface area (TPSA) is 105 Å². The number of carbonyl (C=O) groups is 2. The number of hydrogen-bond acceptors (Lipinski definition) is 6. The van der Waals surface area contributed by atoms with Crippen molar-refractivity contribution in [3.8, 4) is 11.5 Å². The summed E-state index contributed by atoms with van der Waals surface area (Å²) in [5, 5.41) is 3.17. The lowest BCUT2D eigenvalue weighted by Gasteiger charge is -2.34. The molecule has 1 aliphatic rings. The number of amides is 2. The van der Waals surface area contributed by atoms with Crippen LogP contribution < -0.4 is 19.1 Å². The molecule has 0 aliphatic heterocycles. The van der Waals surface area contributed by atoms with E-state index < -0.39 is 28.5 Å². The zero-order chi connectivity index (χ0) is 31.7. The van der Waals surface area contributed by atoms with Crippen LogP contribution in [-0.2, 0) is 26.2 Å². The molecule has 0 radical (unpaired) electrons. The summed E-state index contributed by atoms with van der Waals surface area (Å²) >= 11 is 0. The molecule has 0 spiro atoms. The fourth-order valence-corrected chi connectivity index (χ4v) is 7.06. The van der Waals surface area contributed by atoms with Crippen LogP contribution in [-0.4, -0.2) is 58.0 Å². The normalized spacial score (nSPS) is 14.4. The average molecular weight is 622 g/mol. The Balaban J connectivity index is 1.74. The van der Waals surface area contributed by atoms with Gasteiger partial charge in [0.2, 0.25) is 11.8 Å². The quantitative estimate of drug-likeness (QED) is 0.272. The van der Waals surface area contributed by atoms with Crippen molar-refractivity contribution in [1.29, 1.82) is 0 Å². The number of aryl methyl sites for hydroxylation is 1. The highest BCUT2D eigenvalue weighted by Gasteiger charge is 2.35. The van der Waals surface area contributed by atoms with E-state index >= 15 is 0 Å². The molecule has 9 nitrogen and oxygen atoms in total. The molecule has 0 saturated heterocycles. The van der Waals surface area contributed by atoms with Gasteiger partial charge in [-0.3, -0.25) is 13.9 Å². The smallest absolute Gasteiger partial charge is 0.264 e. The van der Waals surface area contributed by atoms with E-state index in [1.165, 1.54) is 24.1 Å². The first kappa shape index (κ1) is 32.9. The van der Waals surface area contributed by atoms with Gasteiger partial charge in [0.25, 0.3) is 10.0 Å². The van der Waals surface area contributed by atoms with Gasteiger partial charge in [-0.25, -0.2) is 8.42 Å². The van der Waals surface area contributed by atoms with E-state index in [1.807, 2.05) is 32.0 Å². The molecule has 1 saturated carbocycles. The van der Waals surface area contributed by atoms with Gasteiger partial charge in [0.15, 0.2) is 0 Å². The van der Waals surface area contributed by atoms with Gasteiger partial charge in [0, 0.05) is 12.6 Å². The molecule has 44 heavy (non-hydrogen) atoms. The molecule has 3 aromatic carbocycles. The van der Waals surface area contributed by atoms with Crippen molar-refractivity contribution in [2.24, 2.45) is 0 Å². The lowest BCUT2D eigenvalue weighted by atomic mass is 9.95. The van der Waals surface area contributed by atoms with Crippen molar-refractivity contribution in [2.75, 3.05) is 25.1 Å². The number of hydrogen-bond donors (Lipinski definition) is 1. The van der Waals surface area contributed by atoms with Gasteiger partial charge < -0.3 is 19.7 Å². The Morgan fingerprint density at radius 2 is 1.61 bits per heavy atom. The predicted molar refractivity (Wildman–Crippen MR) is 171 cm³/mol. The Hall–Kier alpha value is -4.05. The molecule has 0 heterocycles. The highest BCUT2D eigenvalue weighted by Crippen LogP contribution is 2.34. The molecule has 236 valence electrons. The van der Waals surface area contributed by atoms with Crippen LogP contribution in [0.15, 0.2) is 77.7 Å². The van der Waals surface area contributed by atoms with E-state index in [2.05, 4.69) is 5.32 Å². The molecule has 1 fully saturated rings. The number of carbonyl (C=O) groups excluding carboxylic acids is 2. The number of benzene rings is 3. The van der Waals surface area contributed by atoms with E-state index in [9.17, 15) is 18.0 Å². The van der Waals surface area contributed by atoms with E-state index in [0.717, 1.165) is 47.5 Å².